The molecule has 88 valence electrons. The molecular formula is C11H13BrClNO2. The number of halogens is 2. The molecule has 1 unspecified atom stereocenters. The van der Waals surface area contributed by atoms with Crippen LogP contribution in [0.25, 0.3) is 0 Å². The van der Waals surface area contributed by atoms with E-state index in [1.165, 1.54) is 18.2 Å². The normalized spacial score (nSPS) is 12.2. The van der Waals surface area contributed by atoms with Gasteiger partial charge in [-0.1, -0.05) is 34.5 Å². The molecule has 0 bridgehead atoms. The lowest BCUT2D eigenvalue weighted by Crippen LogP contribution is -2.25. The Morgan fingerprint density at radius 1 is 1.62 bits per heavy atom. The van der Waals surface area contributed by atoms with E-state index in [0.29, 0.717) is 16.4 Å². The van der Waals surface area contributed by atoms with Crippen molar-refractivity contribution >= 4 is 33.4 Å². The number of carbonyl (C=O) groups excluding carboxylic acids is 1. The molecule has 0 heterocycles. The largest absolute Gasteiger partial charge is 0.507 e. The van der Waals surface area contributed by atoms with E-state index in [-0.39, 0.29) is 17.2 Å². The molecule has 1 aromatic rings. The highest BCUT2D eigenvalue weighted by Crippen LogP contribution is 2.21. The third-order valence-electron chi connectivity index (χ3n) is 2.03. The molecule has 0 aliphatic carbocycles. The van der Waals surface area contributed by atoms with Crippen LogP contribution in [0.3, 0.4) is 0 Å². The van der Waals surface area contributed by atoms with E-state index in [9.17, 15) is 9.90 Å². The highest BCUT2D eigenvalue weighted by molar-refractivity contribution is 9.09. The van der Waals surface area contributed by atoms with Gasteiger partial charge in [0, 0.05) is 16.4 Å². The maximum absolute atomic E-state index is 11.7. The second kappa shape index (κ2) is 6.11. The van der Waals surface area contributed by atoms with Gasteiger partial charge in [0.1, 0.15) is 5.75 Å². The van der Waals surface area contributed by atoms with E-state index in [4.69, 9.17) is 11.6 Å². The van der Waals surface area contributed by atoms with Crippen LogP contribution >= 0.6 is 27.5 Å². The maximum Gasteiger partial charge on any atom is 0.255 e. The number of amides is 1. The molecule has 1 aromatic carbocycles. The van der Waals surface area contributed by atoms with Crippen LogP contribution in [0.5, 0.6) is 5.75 Å². The summed E-state index contributed by atoms with van der Waals surface area (Å²) in [5, 5.41) is 12.6. The van der Waals surface area contributed by atoms with Gasteiger partial charge in [-0.3, -0.25) is 4.79 Å². The van der Waals surface area contributed by atoms with Gasteiger partial charge in [0.25, 0.3) is 5.91 Å². The SMILES string of the molecule is CC(Br)CCNC(=O)c1cc(Cl)ccc1O. The Kier molecular flexibility index (Phi) is 5.09. The van der Waals surface area contributed by atoms with Gasteiger partial charge >= 0.3 is 0 Å². The first-order chi connectivity index (χ1) is 7.50. The fraction of sp³-hybridized carbons (Fsp3) is 0.364. The van der Waals surface area contributed by atoms with Crippen LogP contribution in [-0.2, 0) is 0 Å². The summed E-state index contributed by atoms with van der Waals surface area (Å²) in [7, 11) is 0. The molecule has 0 saturated carbocycles. The van der Waals surface area contributed by atoms with Crippen molar-refractivity contribution in [1.29, 1.82) is 0 Å². The third-order valence-corrected chi connectivity index (χ3v) is 2.72. The summed E-state index contributed by atoms with van der Waals surface area (Å²) in [6.07, 6.45) is 0.826. The summed E-state index contributed by atoms with van der Waals surface area (Å²) in [6.45, 7) is 2.56. The summed E-state index contributed by atoms with van der Waals surface area (Å²) < 4.78 is 0. The van der Waals surface area contributed by atoms with Gasteiger partial charge in [-0.25, -0.2) is 0 Å². The second-order valence-electron chi connectivity index (χ2n) is 3.49. The number of phenolic OH excluding ortho intramolecular Hbond substituents is 1. The van der Waals surface area contributed by atoms with E-state index >= 15 is 0 Å². The van der Waals surface area contributed by atoms with Crippen molar-refractivity contribution in [2.24, 2.45) is 0 Å². The molecule has 3 nitrogen and oxygen atoms in total. The molecule has 0 fully saturated rings. The van der Waals surface area contributed by atoms with Crippen LogP contribution in [0, 0.1) is 0 Å². The van der Waals surface area contributed by atoms with E-state index in [1.54, 1.807) is 0 Å². The molecule has 2 N–H and O–H groups in total. The predicted octanol–water partition coefficient (Wildman–Crippen LogP) is 2.95. The molecule has 16 heavy (non-hydrogen) atoms. The molecule has 1 rings (SSSR count). The maximum atomic E-state index is 11.7. The van der Waals surface area contributed by atoms with Crippen LogP contribution in [0.15, 0.2) is 18.2 Å². The smallest absolute Gasteiger partial charge is 0.255 e. The van der Waals surface area contributed by atoms with Crippen molar-refractivity contribution in [2.45, 2.75) is 18.2 Å². The number of phenols is 1. The molecule has 0 spiro atoms. The third kappa shape index (κ3) is 4.02. The summed E-state index contributed by atoms with van der Waals surface area (Å²) in [6, 6.07) is 4.39. The molecule has 1 amide bonds. The first-order valence-corrected chi connectivity index (χ1v) is 6.21. The summed E-state index contributed by atoms with van der Waals surface area (Å²) in [5.41, 5.74) is 0.203. The number of hydrogen-bond acceptors (Lipinski definition) is 2. The Labute approximate surface area is 108 Å². The Bertz CT molecular complexity index is 382. The minimum absolute atomic E-state index is 0.0613. The van der Waals surface area contributed by atoms with Crippen LogP contribution in [-0.4, -0.2) is 22.4 Å². The lowest BCUT2D eigenvalue weighted by atomic mass is 10.2. The molecule has 0 aliphatic rings. The highest BCUT2D eigenvalue weighted by atomic mass is 79.9. The number of carbonyl (C=O) groups is 1. The fourth-order valence-corrected chi connectivity index (χ4v) is 1.57. The molecule has 0 aromatic heterocycles. The van der Waals surface area contributed by atoms with E-state index < -0.39 is 0 Å². The fourth-order valence-electron chi connectivity index (χ4n) is 1.17. The van der Waals surface area contributed by atoms with Crippen molar-refractivity contribution in [3.63, 3.8) is 0 Å². The van der Waals surface area contributed by atoms with Crippen molar-refractivity contribution in [3.8, 4) is 5.75 Å². The highest BCUT2D eigenvalue weighted by Gasteiger charge is 2.11. The topological polar surface area (TPSA) is 49.3 Å². The van der Waals surface area contributed by atoms with Gasteiger partial charge in [0.2, 0.25) is 0 Å². The van der Waals surface area contributed by atoms with Crippen molar-refractivity contribution < 1.29 is 9.90 Å². The quantitative estimate of drug-likeness (QED) is 0.840. The van der Waals surface area contributed by atoms with Gasteiger partial charge in [-0.05, 0) is 24.6 Å². The minimum atomic E-state index is -0.312. The monoisotopic (exact) mass is 305 g/mol. The number of nitrogens with one attached hydrogen (secondary N) is 1. The molecule has 1 atom stereocenters. The molecule has 0 aliphatic heterocycles. The zero-order valence-electron chi connectivity index (χ0n) is 8.84. The van der Waals surface area contributed by atoms with Crippen molar-refractivity contribution in [1.82, 2.24) is 5.32 Å². The van der Waals surface area contributed by atoms with Crippen LogP contribution in [0.4, 0.5) is 0 Å². The average Bonchev–Trinajstić information content (AvgIpc) is 2.21. The van der Waals surface area contributed by atoms with Gasteiger partial charge in [-0.15, -0.1) is 0 Å². The van der Waals surface area contributed by atoms with Crippen LogP contribution < -0.4 is 5.32 Å². The number of alkyl halides is 1. The Morgan fingerprint density at radius 3 is 2.94 bits per heavy atom. The van der Waals surface area contributed by atoms with Crippen molar-refractivity contribution in [3.05, 3.63) is 28.8 Å². The van der Waals surface area contributed by atoms with Crippen LogP contribution in [0.2, 0.25) is 5.02 Å². The van der Waals surface area contributed by atoms with Gasteiger partial charge < -0.3 is 10.4 Å². The first kappa shape index (κ1) is 13.3. The van der Waals surface area contributed by atoms with E-state index in [2.05, 4.69) is 21.2 Å². The van der Waals surface area contributed by atoms with E-state index in [1.807, 2.05) is 6.92 Å². The number of rotatable bonds is 4. The average molecular weight is 307 g/mol. The van der Waals surface area contributed by atoms with Crippen LogP contribution in [0.1, 0.15) is 23.7 Å². The summed E-state index contributed by atoms with van der Waals surface area (Å²) in [5.74, 6) is -0.373. The zero-order chi connectivity index (χ0) is 12.1. The lowest BCUT2D eigenvalue weighted by molar-refractivity contribution is 0.0950. The molecule has 5 heteroatoms. The second-order valence-corrected chi connectivity index (χ2v) is 5.49. The number of benzene rings is 1. The summed E-state index contributed by atoms with van der Waals surface area (Å²) in [4.78, 5) is 12.0. The molecule has 0 saturated heterocycles. The van der Waals surface area contributed by atoms with Crippen molar-refractivity contribution in [2.75, 3.05) is 6.54 Å². The number of aromatic hydroxyl groups is 1. The summed E-state index contributed by atoms with van der Waals surface area (Å²) >= 11 is 9.13. The molecular weight excluding hydrogens is 293 g/mol. The first-order valence-electron chi connectivity index (χ1n) is 4.91. The zero-order valence-corrected chi connectivity index (χ0v) is 11.2. The van der Waals surface area contributed by atoms with Gasteiger partial charge in [0.05, 0.1) is 5.56 Å². The van der Waals surface area contributed by atoms with Gasteiger partial charge in [0.15, 0.2) is 0 Å². The standard InChI is InChI=1S/C11H13BrClNO2/c1-7(12)4-5-14-11(16)9-6-8(13)2-3-10(9)15/h2-3,6-7,15H,4-5H2,1H3,(H,14,16). The predicted molar refractivity (Wildman–Crippen MR) is 68.5 cm³/mol. The Morgan fingerprint density at radius 2 is 2.31 bits per heavy atom. The number of hydrogen-bond donors (Lipinski definition) is 2. The lowest BCUT2D eigenvalue weighted by Gasteiger charge is -2.08. The molecule has 0 radical (unpaired) electrons. The Balaban J connectivity index is 2.62. The van der Waals surface area contributed by atoms with E-state index in [0.717, 1.165) is 6.42 Å². The Hall–Kier alpha value is -0.740. The minimum Gasteiger partial charge on any atom is -0.507 e. The van der Waals surface area contributed by atoms with Gasteiger partial charge in [-0.2, -0.15) is 0 Å².